The Bertz CT molecular complexity index is 829. The molecule has 0 saturated heterocycles. The van der Waals surface area contributed by atoms with Crippen LogP contribution >= 0.6 is 0 Å². The molecule has 1 unspecified atom stereocenters. The zero-order valence-corrected chi connectivity index (χ0v) is 15.7. The Morgan fingerprint density at radius 2 is 1.84 bits per heavy atom. The van der Waals surface area contributed by atoms with E-state index in [4.69, 9.17) is 4.42 Å². The van der Waals surface area contributed by atoms with Crippen LogP contribution in [0.3, 0.4) is 0 Å². The molecule has 0 fully saturated rings. The van der Waals surface area contributed by atoms with Crippen LogP contribution in [-0.2, 0) is 17.3 Å². The molecule has 0 radical (unpaired) electrons. The van der Waals surface area contributed by atoms with Crippen LogP contribution in [-0.4, -0.2) is 11.3 Å². The molecule has 0 amide bonds. The maximum absolute atomic E-state index is 11.1. The fraction of sp³-hybridized carbons (Fsp3) is 0.545. The zero-order valence-electron chi connectivity index (χ0n) is 15.7. The van der Waals surface area contributed by atoms with Crippen molar-refractivity contribution in [3.63, 3.8) is 0 Å². The average Bonchev–Trinajstić information content (AvgIpc) is 3.02. The molecule has 4 rings (SSSR count). The lowest BCUT2D eigenvalue weighted by Gasteiger charge is -2.42. The van der Waals surface area contributed by atoms with Crippen molar-refractivity contribution < 1.29 is 9.21 Å². The zero-order chi connectivity index (χ0) is 17.8. The highest BCUT2D eigenvalue weighted by molar-refractivity contribution is 5.67. The van der Waals surface area contributed by atoms with E-state index in [0.717, 1.165) is 30.7 Å². The van der Waals surface area contributed by atoms with Gasteiger partial charge in [-0.15, -0.1) is 0 Å². The Hall–Kier alpha value is -1.90. The quantitative estimate of drug-likeness (QED) is 0.698. The van der Waals surface area contributed by atoms with E-state index in [1.54, 1.807) is 0 Å². The second-order valence-electron chi connectivity index (χ2n) is 9.00. The summed E-state index contributed by atoms with van der Waals surface area (Å²) >= 11 is 0. The Labute approximate surface area is 149 Å². The summed E-state index contributed by atoms with van der Waals surface area (Å²) < 4.78 is 5.61. The predicted octanol–water partition coefficient (Wildman–Crippen LogP) is 5.30. The number of hydrogen-bond acceptors (Lipinski definition) is 3. The average molecular weight is 337 g/mol. The van der Waals surface area contributed by atoms with Gasteiger partial charge in [-0.3, -0.25) is 4.79 Å². The number of aryl methyl sites for hydroxylation is 1. The molecule has 0 N–H and O–H groups in total. The second-order valence-corrected chi connectivity index (χ2v) is 9.00. The number of hydrogen-bond donors (Lipinski definition) is 0. The molecule has 2 aromatic rings. The molecule has 2 aliphatic rings. The van der Waals surface area contributed by atoms with Crippen molar-refractivity contribution in [3.8, 4) is 0 Å². The van der Waals surface area contributed by atoms with Crippen molar-refractivity contribution in [1.82, 2.24) is 4.98 Å². The number of carbonyl (C=O) groups excluding carboxylic acids is 1. The normalized spacial score (nSPS) is 23.6. The molecule has 2 aliphatic carbocycles. The maximum atomic E-state index is 11.1. The van der Waals surface area contributed by atoms with Crippen LogP contribution in [0.2, 0.25) is 0 Å². The molecule has 1 atom stereocenters. The molecule has 3 heteroatoms. The minimum Gasteiger partial charge on any atom is -0.439 e. The van der Waals surface area contributed by atoms with Gasteiger partial charge in [0.1, 0.15) is 5.76 Å². The Balaban J connectivity index is 1.81. The van der Waals surface area contributed by atoms with Gasteiger partial charge in [0.25, 0.3) is 5.89 Å². The number of rotatable bonds is 2. The van der Waals surface area contributed by atoms with Gasteiger partial charge in [0.05, 0.1) is 5.69 Å². The summed E-state index contributed by atoms with van der Waals surface area (Å²) in [5, 5.41) is 0. The van der Waals surface area contributed by atoms with E-state index in [9.17, 15) is 4.79 Å². The van der Waals surface area contributed by atoms with E-state index in [1.807, 2.05) is 0 Å². The lowest BCUT2D eigenvalue weighted by atomic mass is 9.62. The van der Waals surface area contributed by atoms with E-state index in [2.05, 4.69) is 50.9 Å². The van der Waals surface area contributed by atoms with Crippen molar-refractivity contribution >= 4 is 6.29 Å². The molecule has 3 nitrogen and oxygen atoms in total. The van der Waals surface area contributed by atoms with Gasteiger partial charge in [-0.25, -0.2) is 4.98 Å². The first-order chi connectivity index (χ1) is 11.8. The van der Waals surface area contributed by atoms with Crippen LogP contribution in [0.4, 0.5) is 0 Å². The molecule has 132 valence electrons. The molecule has 1 aromatic carbocycles. The second kappa shape index (κ2) is 5.55. The molecule has 0 saturated carbocycles. The number of benzene rings is 1. The summed E-state index contributed by atoms with van der Waals surface area (Å²) in [5.74, 6) is 1.36. The fourth-order valence-electron chi connectivity index (χ4n) is 4.64. The minimum atomic E-state index is 0.205. The maximum Gasteiger partial charge on any atom is 0.260 e. The van der Waals surface area contributed by atoms with Crippen molar-refractivity contribution in [3.05, 3.63) is 52.2 Å². The lowest BCUT2D eigenvalue weighted by Crippen LogP contribution is -2.34. The standard InChI is InChI=1S/C22H27NO2/c1-21(2)10-11-22(3,4)17-12-14(8-9-16(17)21)15-6-5-7-18-20(15)23-19(13-24)25-18/h8-9,12-13,15H,5-7,10-11H2,1-4H3. The highest BCUT2D eigenvalue weighted by Crippen LogP contribution is 2.47. The Kier molecular flexibility index (Phi) is 3.68. The van der Waals surface area contributed by atoms with Crippen molar-refractivity contribution in [2.75, 3.05) is 0 Å². The lowest BCUT2D eigenvalue weighted by molar-refractivity contribution is 0.109. The van der Waals surface area contributed by atoms with Gasteiger partial charge >= 0.3 is 0 Å². The Morgan fingerprint density at radius 3 is 2.56 bits per heavy atom. The monoisotopic (exact) mass is 337 g/mol. The fourth-order valence-corrected chi connectivity index (χ4v) is 4.64. The highest BCUT2D eigenvalue weighted by Gasteiger charge is 2.38. The van der Waals surface area contributed by atoms with Crippen LogP contribution < -0.4 is 0 Å². The summed E-state index contributed by atoms with van der Waals surface area (Å²) in [6.07, 6.45) is 6.19. The van der Waals surface area contributed by atoms with Crippen LogP contribution in [0, 0.1) is 0 Å². The first-order valence-corrected chi connectivity index (χ1v) is 9.41. The van der Waals surface area contributed by atoms with Crippen LogP contribution in [0.1, 0.15) is 98.1 Å². The SMILES string of the molecule is CC1(C)CCC(C)(C)c2cc(C3CCCc4oc(C=O)nc43)ccc21. The summed E-state index contributed by atoms with van der Waals surface area (Å²) in [6, 6.07) is 7.02. The predicted molar refractivity (Wildman–Crippen MR) is 98.4 cm³/mol. The molecule has 1 heterocycles. The van der Waals surface area contributed by atoms with E-state index in [1.165, 1.54) is 29.5 Å². The van der Waals surface area contributed by atoms with Crippen molar-refractivity contribution in [1.29, 1.82) is 0 Å². The summed E-state index contributed by atoms with van der Waals surface area (Å²) in [5.41, 5.74) is 5.69. The van der Waals surface area contributed by atoms with Crippen LogP contribution in [0.15, 0.2) is 22.6 Å². The van der Waals surface area contributed by atoms with Gasteiger partial charge in [-0.05, 0) is 53.2 Å². The molecule has 0 bridgehead atoms. The molecule has 1 aromatic heterocycles. The summed E-state index contributed by atoms with van der Waals surface area (Å²) in [4.78, 5) is 15.5. The van der Waals surface area contributed by atoms with Gasteiger partial charge in [0.2, 0.25) is 6.29 Å². The number of aromatic nitrogens is 1. The van der Waals surface area contributed by atoms with Gasteiger partial charge in [-0.2, -0.15) is 0 Å². The van der Waals surface area contributed by atoms with Crippen molar-refractivity contribution in [2.45, 2.75) is 76.5 Å². The third kappa shape index (κ3) is 2.65. The number of fused-ring (bicyclic) bond motifs is 2. The summed E-state index contributed by atoms with van der Waals surface area (Å²) in [6.45, 7) is 9.43. The van der Waals surface area contributed by atoms with Crippen LogP contribution in [0.25, 0.3) is 0 Å². The molecule has 0 spiro atoms. The van der Waals surface area contributed by atoms with Gasteiger partial charge in [-0.1, -0.05) is 45.9 Å². The van der Waals surface area contributed by atoms with E-state index in [-0.39, 0.29) is 22.6 Å². The topological polar surface area (TPSA) is 43.1 Å². The third-order valence-electron chi connectivity index (χ3n) is 6.35. The van der Waals surface area contributed by atoms with E-state index in [0.29, 0.717) is 6.29 Å². The largest absolute Gasteiger partial charge is 0.439 e. The minimum absolute atomic E-state index is 0.205. The van der Waals surface area contributed by atoms with Gasteiger partial charge in [0.15, 0.2) is 0 Å². The highest BCUT2D eigenvalue weighted by atomic mass is 16.4. The molecule has 0 aliphatic heterocycles. The first kappa shape index (κ1) is 16.6. The molecular weight excluding hydrogens is 310 g/mol. The number of oxazole rings is 1. The van der Waals surface area contributed by atoms with Crippen molar-refractivity contribution in [2.24, 2.45) is 0 Å². The van der Waals surface area contributed by atoms with Gasteiger partial charge in [0, 0.05) is 12.3 Å². The Morgan fingerprint density at radius 1 is 1.12 bits per heavy atom. The van der Waals surface area contributed by atoms with Crippen LogP contribution in [0.5, 0.6) is 0 Å². The first-order valence-electron chi connectivity index (χ1n) is 9.41. The molecule has 25 heavy (non-hydrogen) atoms. The van der Waals surface area contributed by atoms with E-state index >= 15 is 0 Å². The van der Waals surface area contributed by atoms with E-state index < -0.39 is 0 Å². The number of aldehydes is 1. The number of nitrogens with zero attached hydrogens (tertiary/aromatic N) is 1. The van der Waals surface area contributed by atoms with Gasteiger partial charge < -0.3 is 4.42 Å². The smallest absolute Gasteiger partial charge is 0.260 e. The number of carbonyl (C=O) groups is 1. The summed E-state index contributed by atoms with van der Waals surface area (Å²) in [7, 11) is 0. The third-order valence-corrected chi connectivity index (χ3v) is 6.35. The molecular formula is C22H27NO2.